The largest absolute Gasteiger partial charge is 0.573 e. The Morgan fingerprint density at radius 2 is 1.78 bits per heavy atom. The van der Waals surface area contributed by atoms with E-state index in [0.717, 1.165) is 43.9 Å². The number of amides is 1. The van der Waals surface area contributed by atoms with Crippen molar-refractivity contribution in [2.24, 2.45) is 11.8 Å². The van der Waals surface area contributed by atoms with E-state index in [1.807, 2.05) is 0 Å². The van der Waals surface area contributed by atoms with Crippen LogP contribution in [0, 0.1) is 11.8 Å². The Bertz CT molecular complexity index is 1240. The third-order valence-corrected chi connectivity index (χ3v) is 6.43. The molecule has 2 heterocycles. The van der Waals surface area contributed by atoms with Gasteiger partial charge in [0.25, 0.3) is 5.91 Å². The van der Waals surface area contributed by atoms with Crippen LogP contribution in [0.2, 0.25) is 0 Å². The maximum atomic E-state index is 13.1. The Labute approximate surface area is 202 Å². The summed E-state index contributed by atoms with van der Waals surface area (Å²) in [5.41, 5.74) is -2.05. The normalized spacial score (nSPS) is 19.0. The van der Waals surface area contributed by atoms with Crippen LogP contribution >= 0.6 is 0 Å². The fourth-order valence-electron chi connectivity index (χ4n) is 4.50. The van der Waals surface area contributed by atoms with Gasteiger partial charge in [-0.1, -0.05) is 19.9 Å². The number of nitrogens with zero attached hydrogens (tertiary/aromatic N) is 3. The smallest absolute Gasteiger partial charge is 0.403 e. The molecule has 6 nitrogen and oxygen atoms in total. The molecule has 1 aliphatic rings. The minimum Gasteiger partial charge on any atom is -0.403 e. The number of anilines is 1. The van der Waals surface area contributed by atoms with E-state index in [0.29, 0.717) is 23.3 Å². The minimum atomic E-state index is -5.07. The van der Waals surface area contributed by atoms with Crippen LogP contribution in [0.4, 0.5) is 32.0 Å². The van der Waals surface area contributed by atoms with E-state index in [-0.39, 0.29) is 17.2 Å². The summed E-state index contributed by atoms with van der Waals surface area (Å²) < 4.78 is 83.9. The maximum Gasteiger partial charge on any atom is 0.573 e. The molecule has 0 atom stereocenters. The van der Waals surface area contributed by atoms with Crippen molar-refractivity contribution in [1.29, 1.82) is 0 Å². The van der Waals surface area contributed by atoms with E-state index in [2.05, 4.69) is 34.0 Å². The van der Waals surface area contributed by atoms with E-state index in [4.69, 9.17) is 0 Å². The van der Waals surface area contributed by atoms with Crippen molar-refractivity contribution in [2.45, 2.75) is 58.1 Å². The van der Waals surface area contributed by atoms with Gasteiger partial charge >= 0.3 is 12.5 Å². The zero-order chi connectivity index (χ0) is 26.3. The number of fused-ring (bicyclic) bond motifs is 1. The second kappa shape index (κ2) is 9.62. The van der Waals surface area contributed by atoms with Gasteiger partial charge in [0.1, 0.15) is 11.4 Å². The first-order valence-electron chi connectivity index (χ1n) is 11.4. The number of halogens is 6. The Morgan fingerprint density at radius 3 is 2.39 bits per heavy atom. The number of aromatic nitrogens is 3. The maximum absolute atomic E-state index is 13.1. The number of rotatable bonds is 5. The van der Waals surface area contributed by atoms with Gasteiger partial charge in [0.15, 0.2) is 5.75 Å². The second-order valence-electron chi connectivity index (χ2n) is 9.24. The van der Waals surface area contributed by atoms with Gasteiger partial charge in [0, 0.05) is 17.6 Å². The molecule has 1 N–H and O–H groups in total. The van der Waals surface area contributed by atoms with Gasteiger partial charge < -0.3 is 10.1 Å². The summed E-state index contributed by atoms with van der Waals surface area (Å²) in [6.07, 6.45) is -4.37. The summed E-state index contributed by atoms with van der Waals surface area (Å²) in [5, 5.41) is 7.08. The lowest BCUT2D eigenvalue weighted by molar-refractivity contribution is -0.274. The van der Waals surface area contributed by atoms with Crippen molar-refractivity contribution in [2.75, 3.05) is 5.32 Å². The van der Waals surface area contributed by atoms with Crippen LogP contribution in [0.5, 0.6) is 5.75 Å². The lowest BCUT2D eigenvalue weighted by atomic mass is 9.80. The molecular formula is C24H24F6N4O2. The van der Waals surface area contributed by atoms with Crippen molar-refractivity contribution in [1.82, 2.24) is 14.8 Å². The van der Waals surface area contributed by atoms with E-state index in [9.17, 15) is 31.1 Å². The van der Waals surface area contributed by atoms with Crippen molar-refractivity contribution >= 4 is 22.5 Å². The molecule has 0 bridgehead atoms. The first-order valence-corrected chi connectivity index (χ1v) is 11.4. The van der Waals surface area contributed by atoms with Gasteiger partial charge in [0.05, 0.1) is 17.2 Å². The lowest BCUT2D eigenvalue weighted by Crippen LogP contribution is -2.21. The molecule has 36 heavy (non-hydrogen) atoms. The Kier molecular flexibility index (Phi) is 6.89. The van der Waals surface area contributed by atoms with Gasteiger partial charge in [0.2, 0.25) is 0 Å². The summed E-state index contributed by atoms with van der Waals surface area (Å²) >= 11 is 0. The highest BCUT2D eigenvalue weighted by Gasteiger charge is 2.34. The monoisotopic (exact) mass is 514 g/mol. The minimum absolute atomic E-state index is 0.0896. The standard InChI is InChI=1S/C24H24F6N4O2/c1-13(2)14-6-8-16(9-7-14)34-12-15-10-19(20(11-18(15)33-34)36-24(28,29)30)32-22(35)17-4-3-5-21(31-17)23(25,26)27/h3-5,10-14,16H,6-9H2,1-2H3,(H,32,35). The van der Waals surface area contributed by atoms with Gasteiger partial charge in [-0.2, -0.15) is 18.3 Å². The molecule has 2 aromatic heterocycles. The number of pyridine rings is 1. The summed E-state index contributed by atoms with van der Waals surface area (Å²) in [6, 6.07) is 5.09. The van der Waals surface area contributed by atoms with Crippen molar-refractivity contribution < 1.29 is 35.9 Å². The van der Waals surface area contributed by atoms with Crippen LogP contribution in [0.25, 0.3) is 10.9 Å². The first-order chi connectivity index (χ1) is 16.8. The lowest BCUT2D eigenvalue weighted by Gasteiger charge is -2.30. The molecular weight excluding hydrogens is 490 g/mol. The van der Waals surface area contributed by atoms with Crippen LogP contribution in [0.1, 0.15) is 61.8 Å². The topological polar surface area (TPSA) is 69.0 Å². The molecule has 0 unspecified atom stereocenters. The summed E-state index contributed by atoms with van der Waals surface area (Å²) in [5.74, 6) is -0.664. The number of hydrogen-bond donors (Lipinski definition) is 1. The zero-order valence-electron chi connectivity index (χ0n) is 19.5. The molecule has 0 spiro atoms. The molecule has 0 saturated heterocycles. The Balaban J connectivity index is 1.64. The van der Waals surface area contributed by atoms with E-state index in [1.165, 1.54) is 6.07 Å². The van der Waals surface area contributed by atoms with Crippen LogP contribution in [-0.2, 0) is 6.18 Å². The first kappa shape index (κ1) is 25.8. The molecule has 0 radical (unpaired) electrons. The molecule has 0 aliphatic heterocycles. The van der Waals surface area contributed by atoms with Crippen molar-refractivity contribution in [3.05, 3.63) is 47.9 Å². The molecule has 1 amide bonds. The summed E-state index contributed by atoms with van der Waals surface area (Å²) in [6.45, 7) is 4.36. The fourth-order valence-corrected chi connectivity index (χ4v) is 4.50. The van der Waals surface area contributed by atoms with Crippen LogP contribution in [-0.4, -0.2) is 27.0 Å². The Morgan fingerprint density at radius 1 is 1.08 bits per heavy atom. The molecule has 12 heteroatoms. The molecule has 1 saturated carbocycles. The predicted molar refractivity (Wildman–Crippen MR) is 119 cm³/mol. The van der Waals surface area contributed by atoms with Gasteiger partial charge in [-0.25, -0.2) is 4.98 Å². The summed E-state index contributed by atoms with van der Waals surface area (Å²) in [4.78, 5) is 15.9. The molecule has 3 aromatic rings. The average Bonchev–Trinajstić information content (AvgIpc) is 3.20. The number of nitrogens with one attached hydrogen (secondary N) is 1. The van der Waals surface area contributed by atoms with Gasteiger partial charge in [-0.15, -0.1) is 13.2 Å². The van der Waals surface area contributed by atoms with Crippen LogP contribution in [0.15, 0.2) is 36.5 Å². The molecule has 1 aromatic carbocycles. The molecule has 1 aliphatic carbocycles. The number of hydrogen-bond acceptors (Lipinski definition) is 4. The van der Waals surface area contributed by atoms with E-state index in [1.54, 1.807) is 10.9 Å². The number of alkyl halides is 6. The fraction of sp³-hybridized carbons (Fsp3) is 0.458. The predicted octanol–water partition coefficient (Wildman–Crippen LogP) is 6.99. The third kappa shape index (κ3) is 5.90. The molecule has 1 fully saturated rings. The van der Waals surface area contributed by atoms with Crippen LogP contribution in [0.3, 0.4) is 0 Å². The number of carbonyl (C=O) groups is 1. The van der Waals surface area contributed by atoms with Gasteiger partial charge in [-0.05, 0) is 55.7 Å². The molecule has 4 rings (SSSR count). The zero-order valence-corrected chi connectivity index (χ0v) is 19.5. The van der Waals surface area contributed by atoms with E-state index >= 15 is 0 Å². The quantitative estimate of drug-likeness (QED) is 0.373. The number of carbonyl (C=O) groups excluding carboxylic acids is 1. The highest BCUT2D eigenvalue weighted by molar-refractivity contribution is 6.05. The number of benzene rings is 1. The Hall–Kier alpha value is -3.31. The van der Waals surface area contributed by atoms with Crippen molar-refractivity contribution in [3.63, 3.8) is 0 Å². The highest BCUT2D eigenvalue weighted by atomic mass is 19.4. The molecule has 194 valence electrons. The average molecular weight is 514 g/mol. The van der Waals surface area contributed by atoms with Gasteiger partial charge in [-0.3, -0.25) is 9.48 Å². The van der Waals surface area contributed by atoms with Crippen molar-refractivity contribution in [3.8, 4) is 5.75 Å². The highest BCUT2D eigenvalue weighted by Crippen LogP contribution is 2.38. The second-order valence-corrected chi connectivity index (χ2v) is 9.24. The SMILES string of the molecule is CC(C)C1CCC(n2cc3cc(NC(=O)c4cccc(C(F)(F)F)n4)c(OC(F)(F)F)cc3n2)CC1. The number of ether oxygens (including phenoxy) is 1. The third-order valence-electron chi connectivity index (χ3n) is 6.43. The van der Waals surface area contributed by atoms with E-state index < -0.39 is 35.6 Å². The van der Waals surface area contributed by atoms with Crippen LogP contribution < -0.4 is 10.1 Å². The summed E-state index contributed by atoms with van der Waals surface area (Å²) in [7, 11) is 0.